The SMILES string of the molecule is COC(=O)CCCc1ccc(C(=O)c2ccc(C)cc2)cc1. The maximum Gasteiger partial charge on any atom is 0.305 e. The molecular formula is C19H20O3. The topological polar surface area (TPSA) is 43.4 Å². The summed E-state index contributed by atoms with van der Waals surface area (Å²) in [6.07, 6.45) is 1.96. The lowest BCUT2D eigenvalue weighted by molar-refractivity contribution is -0.140. The monoisotopic (exact) mass is 296 g/mol. The maximum absolute atomic E-state index is 12.3. The molecule has 0 aromatic heterocycles. The summed E-state index contributed by atoms with van der Waals surface area (Å²) in [5.74, 6) is -0.160. The van der Waals surface area contributed by atoms with Gasteiger partial charge < -0.3 is 4.74 Å². The van der Waals surface area contributed by atoms with Crippen LogP contribution < -0.4 is 0 Å². The van der Waals surface area contributed by atoms with Crippen molar-refractivity contribution in [3.05, 3.63) is 70.8 Å². The van der Waals surface area contributed by atoms with Crippen molar-refractivity contribution in [1.82, 2.24) is 0 Å². The molecule has 0 saturated carbocycles. The minimum Gasteiger partial charge on any atom is -0.469 e. The van der Waals surface area contributed by atoms with Gasteiger partial charge in [0, 0.05) is 17.5 Å². The van der Waals surface area contributed by atoms with Crippen LogP contribution in [-0.4, -0.2) is 18.9 Å². The van der Waals surface area contributed by atoms with Gasteiger partial charge >= 0.3 is 5.97 Å². The molecule has 0 N–H and O–H groups in total. The zero-order valence-corrected chi connectivity index (χ0v) is 13.0. The molecule has 2 rings (SSSR count). The second-order valence-electron chi connectivity index (χ2n) is 5.32. The van der Waals surface area contributed by atoms with Crippen LogP contribution in [0.4, 0.5) is 0 Å². The van der Waals surface area contributed by atoms with Crippen LogP contribution in [0, 0.1) is 6.92 Å². The molecule has 2 aromatic carbocycles. The third kappa shape index (κ3) is 4.29. The first kappa shape index (κ1) is 16.0. The first-order chi connectivity index (χ1) is 10.6. The molecule has 0 fully saturated rings. The Bertz CT molecular complexity index is 639. The van der Waals surface area contributed by atoms with Crippen molar-refractivity contribution in [2.75, 3.05) is 7.11 Å². The van der Waals surface area contributed by atoms with Crippen molar-refractivity contribution in [3.63, 3.8) is 0 Å². The van der Waals surface area contributed by atoms with E-state index in [4.69, 9.17) is 0 Å². The number of carbonyl (C=O) groups excluding carboxylic acids is 2. The van der Waals surface area contributed by atoms with Crippen LogP contribution in [0.1, 0.15) is 39.9 Å². The van der Waals surface area contributed by atoms with E-state index in [1.807, 2.05) is 55.5 Å². The van der Waals surface area contributed by atoms with Crippen molar-refractivity contribution in [2.45, 2.75) is 26.2 Å². The van der Waals surface area contributed by atoms with Crippen LogP contribution in [0.2, 0.25) is 0 Å². The van der Waals surface area contributed by atoms with Gasteiger partial charge in [0.2, 0.25) is 0 Å². The summed E-state index contributed by atoms with van der Waals surface area (Å²) in [6.45, 7) is 2.00. The van der Waals surface area contributed by atoms with E-state index in [2.05, 4.69) is 4.74 Å². The summed E-state index contributed by atoms with van der Waals surface area (Å²) in [5, 5.41) is 0. The van der Waals surface area contributed by atoms with Crippen molar-refractivity contribution in [1.29, 1.82) is 0 Å². The van der Waals surface area contributed by atoms with Gasteiger partial charge in [0.05, 0.1) is 7.11 Å². The second kappa shape index (κ2) is 7.55. The van der Waals surface area contributed by atoms with E-state index in [0.717, 1.165) is 24.0 Å². The number of ketones is 1. The van der Waals surface area contributed by atoms with Gasteiger partial charge in [0.15, 0.2) is 5.78 Å². The molecule has 0 radical (unpaired) electrons. The largest absolute Gasteiger partial charge is 0.469 e. The zero-order valence-electron chi connectivity index (χ0n) is 13.0. The number of ether oxygens (including phenoxy) is 1. The maximum atomic E-state index is 12.3. The van der Waals surface area contributed by atoms with E-state index in [0.29, 0.717) is 17.5 Å². The summed E-state index contributed by atoms with van der Waals surface area (Å²) >= 11 is 0. The van der Waals surface area contributed by atoms with Crippen LogP contribution in [0.3, 0.4) is 0 Å². The minimum absolute atomic E-state index is 0.0288. The van der Waals surface area contributed by atoms with E-state index in [1.54, 1.807) is 0 Å². The summed E-state index contributed by atoms with van der Waals surface area (Å²) in [7, 11) is 1.40. The number of benzene rings is 2. The molecule has 0 spiro atoms. The average Bonchev–Trinajstić information content (AvgIpc) is 2.55. The molecule has 0 heterocycles. The van der Waals surface area contributed by atoms with E-state index in [-0.39, 0.29) is 11.8 Å². The lowest BCUT2D eigenvalue weighted by Crippen LogP contribution is -2.02. The van der Waals surface area contributed by atoms with E-state index >= 15 is 0 Å². The lowest BCUT2D eigenvalue weighted by Gasteiger charge is -2.04. The van der Waals surface area contributed by atoms with Crippen molar-refractivity contribution in [2.24, 2.45) is 0 Å². The third-order valence-corrected chi connectivity index (χ3v) is 3.60. The molecule has 3 heteroatoms. The van der Waals surface area contributed by atoms with Crippen LogP contribution >= 0.6 is 0 Å². The van der Waals surface area contributed by atoms with Crippen LogP contribution in [0.5, 0.6) is 0 Å². The Balaban J connectivity index is 1.97. The predicted molar refractivity (Wildman–Crippen MR) is 86.0 cm³/mol. The Morgan fingerprint density at radius 3 is 2.00 bits per heavy atom. The van der Waals surface area contributed by atoms with Gasteiger partial charge in [-0.15, -0.1) is 0 Å². The molecule has 0 amide bonds. The molecule has 3 nitrogen and oxygen atoms in total. The highest BCUT2D eigenvalue weighted by atomic mass is 16.5. The lowest BCUT2D eigenvalue weighted by atomic mass is 10.00. The summed E-state index contributed by atoms with van der Waals surface area (Å²) in [4.78, 5) is 23.4. The number of aryl methyl sites for hydroxylation is 2. The first-order valence-corrected chi connectivity index (χ1v) is 7.37. The number of carbonyl (C=O) groups is 2. The predicted octanol–water partition coefficient (Wildman–Crippen LogP) is 3.72. The Morgan fingerprint density at radius 2 is 1.45 bits per heavy atom. The molecule has 0 aliphatic carbocycles. The highest BCUT2D eigenvalue weighted by Crippen LogP contribution is 2.13. The standard InChI is InChI=1S/C19H20O3/c1-14-6-10-16(11-7-14)19(21)17-12-8-15(9-13-17)4-3-5-18(20)22-2/h6-13H,3-5H2,1-2H3. The fourth-order valence-corrected chi connectivity index (χ4v) is 2.23. The summed E-state index contributed by atoms with van der Waals surface area (Å²) in [6, 6.07) is 15.1. The number of hydrogen-bond donors (Lipinski definition) is 0. The van der Waals surface area contributed by atoms with Gasteiger partial charge in [-0.3, -0.25) is 9.59 Å². The fourth-order valence-electron chi connectivity index (χ4n) is 2.23. The normalized spacial score (nSPS) is 10.3. The molecule has 0 unspecified atom stereocenters. The van der Waals surface area contributed by atoms with E-state index in [1.165, 1.54) is 7.11 Å². The minimum atomic E-state index is -0.189. The van der Waals surface area contributed by atoms with Gasteiger partial charge in [0.1, 0.15) is 0 Å². The highest BCUT2D eigenvalue weighted by molar-refractivity contribution is 6.08. The van der Waals surface area contributed by atoms with Crippen molar-refractivity contribution >= 4 is 11.8 Å². The van der Waals surface area contributed by atoms with Crippen molar-refractivity contribution < 1.29 is 14.3 Å². The highest BCUT2D eigenvalue weighted by Gasteiger charge is 2.08. The van der Waals surface area contributed by atoms with Gasteiger partial charge in [0.25, 0.3) is 0 Å². The first-order valence-electron chi connectivity index (χ1n) is 7.37. The summed E-state index contributed by atoms with van der Waals surface area (Å²) < 4.78 is 4.61. The smallest absolute Gasteiger partial charge is 0.305 e. The van der Waals surface area contributed by atoms with Crippen LogP contribution in [0.15, 0.2) is 48.5 Å². The Morgan fingerprint density at radius 1 is 0.909 bits per heavy atom. The molecule has 0 aliphatic heterocycles. The quantitative estimate of drug-likeness (QED) is 0.602. The number of methoxy groups -OCH3 is 1. The average molecular weight is 296 g/mol. The van der Waals surface area contributed by atoms with Crippen LogP contribution in [-0.2, 0) is 16.0 Å². The Labute approximate surface area is 130 Å². The molecule has 0 aliphatic rings. The Kier molecular flexibility index (Phi) is 5.48. The number of rotatable bonds is 6. The van der Waals surface area contributed by atoms with Gasteiger partial charge in [-0.2, -0.15) is 0 Å². The molecule has 22 heavy (non-hydrogen) atoms. The van der Waals surface area contributed by atoms with Crippen molar-refractivity contribution in [3.8, 4) is 0 Å². The molecule has 0 atom stereocenters. The zero-order chi connectivity index (χ0) is 15.9. The van der Waals surface area contributed by atoms with E-state index < -0.39 is 0 Å². The number of hydrogen-bond acceptors (Lipinski definition) is 3. The number of esters is 1. The van der Waals surface area contributed by atoms with E-state index in [9.17, 15) is 9.59 Å². The molecular weight excluding hydrogens is 276 g/mol. The van der Waals surface area contributed by atoms with Gasteiger partial charge in [-0.05, 0) is 25.3 Å². The molecule has 2 aromatic rings. The molecule has 0 bridgehead atoms. The van der Waals surface area contributed by atoms with Crippen LogP contribution in [0.25, 0.3) is 0 Å². The molecule has 114 valence electrons. The van der Waals surface area contributed by atoms with Gasteiger partial charge in [-0.1, -0.05) is 54.1 Å². The second-order valence-corrected chi connectivity index (χ2v) is 5.32. The summed E-state index contributed by atoms with van der Waals surface area (Å²) in [5.41, 5.74) is 3.63. The third-order valence-electron chi connectivity index (χ3n) is 3.60. The fraction of sp³-hybridized carbons (Fsp3) is 0.263. The Hall–Kier alpha value is -2.42. The molecule has 0 saturated heterocycles. The van der Waals surface area contributed by atoms with Gasteiger partial charge in [-0.25, -0.2) is 0 Å².